The highest BCUT2D eigenvalue weighted by atomic mass is 16.1. The first kappa shape index (κ1) is 11.4. The Hall–Kier alpha value is -2.69. The molecule has 1 aromatic carbocycles. The molecule has 0 saturated carbocycles. The molecule has 3 rings (SSSR count). The van der Waals surface area contributed by atoms with Gasteiger partial charge in [-0.2, -0.15) is 5.10 Å². The Balaban J connectivity index is 2.00. The molecule has 0 aliphatic carbocycles. The summed E-state index contributed by atoms with van der Waals surface area (Å²) in [6.07, 6.45) is 1.60. The summed E-state index contributed by atoms with van der Waals surface area (Å²) >= 11 is 0. The molecule has 0 atom stereocenters. The van der Waals surface area contributed by atoms with Crippen LogP contribution in [-0.2, 0) is 0 Å². The van der Waals surface area contributed by atoms with E-state index in [-0.39, 0.29) is 5.91 Å². The fourth-order valence-corrected chi connectivity index (χ4v) is 2.01. The van der Waals surface area contributed by atoms with Crippen LogP contribution in [0.5, 0.6) is 0 Å². The Morgan fingerprint density at radius 3 is 2.79 bits per heavy atom. The zero-order valence-corrected chi connectivity index (χ0v) is 10.3. The molecular weight excluding hydrogens is 240 g/mol. The molecule has 2 N–H and O–H groups in total. The van der Waals surface area contributed by atoms with Gasteiger partial charge in [-0.25, -0.2) is 0 Å². The quantitative estimate of drug-likeness (QED) is 0.736. The van der Waals surface area contributed by atoms with E-state index in [9.17, 15) is 4.79 Å². The average molecular weight is 252 g/mol. The lowest BCUT2D eigenvalue weighted by Gasteiger charge is -2.05. The van der Waals surface area contributed by atoms with Gasteiger partial charge in [0, 0.05) is 11.9 Å². The molecular formula is C14H12N4O. The van der Waals surface area contributed by atoms with E-state index in [0.29, 0.717) is 5.69 Å². The maximum Gasteiger partial charge on any atom is 0.275 e. The maximum atomic E-state index is 12.3. The third kappa shape index (κ3) is 2.06. The number of rotatable bonds is 2. The highest BCUT2D eigenvalue weighted by molar-refractivity contribution is 6.11. The largest absolute Gasteiger partial charge is 0.321 e. The second-order valence-corrected chi connectivity index (χ2v) is 4.21. The summed E-state index contributed by atoms with van der Waals surface area (Å²) < 4.78 is 0. The number of aryl methyl sites for hydroxylation is 1. The number of carbonyl (C=O) groups is 1. The van der Waals surface area contributed by atoms with Crippen molar-refractivity contribution in [3.8, 4) is 0 Å². The molecule has 3 aromatic rings. The first-order chi connectivity index (χ1) is 9.25. The number of aromatic amines is 1. The number of hydrogen-bond acceptors (Lipinski definition) is 3. The fourth-order valence-electron chi connectivity index (χ4n) is 2.01. The number of hydrogen-bond donors (Lipinski definition) is 2. The number of fused-ring (bicyclic) bond motifs is 1. The lowest BCUT2D eigenvalue weighted by molar-refractivity contribution is 0.102. The van der Waals surface area contributed by atoms with Crippen molar-refractivity contribution in [3.05, 3.63) is 54.0 Å². The van der Waals surface area contributed by atoms with Gasteiger partial charge < -0.3 is 5.32 Å². The molecule has 19 heavy (non-hydrogen) atoms. The number of carbonyl (C=O) groups excluding carboxylic acids is 1. The molecule has 2 aromatic heterocycles. The minimum atomic E-state index is -0.235. The Morgan fingerprint density at radius 1 is 1.21 bits per heavy atom. The Bertz CT molecular complexity index is 734. The lowest BCUT2D eigenvalue weighted by atomic mass is 10.2. The van der Waals surface area contributed by atoms with E-state index < -0.39 is 0 Å². The molecule has 0 aliphatic heterocycles. The molecule has 0 radical (unpaired) electrons. The first-order valence-corrected chi connectivity index (χ1v) is 5.92. The second-order valence-electron chi connectivity index (χ2n) is 4.21. The first-order valence-electron chi connectivity index (χ1n) is 5.92. The van der Waals surface area contributed by atoms with E-state index in [0.717, 1.165) is 22.3 Å². The van der Waals surface area contributed by atoms with Crippen LogP contribution in [0, 0.1) is 6.92 Å². The van der Waals surface area contributed by atoms with E-state index in [1.54, 1.807) is 12.3 Å². The molecule has 0 unspecified atom stereocenters. The molecule has 5 nitrogen and oxygen atoms in total. The molecule has 0 bridgehead atoms. The minimum absolute atomic E-state index is 0.235. The zero-order valence-electron chi connectivity index (χ0n) is 10.3. The van der Waals surface area contributed by atoms with Gasteiger partial charge in [0.05, 0.1) is 16.6 Å². The van der Waals surface area contributed by atoms with Crippen LogP contribution in [0.3, 0.4) is 0 Å². The number of anilines is 1. The molecule has 0 fully saturated rings. The Kier molecular flexibility index (Phi) is 2.72. The number of pyridine rings is 1. The predicted molar refractivity (Wildman–Crippen MR) is 73.0 cm³/mol. The van der Waals surface area contributed by atoms with E-state index >= 15 is 0 Å². The van der Waals surface area contributed by atoms with Crippen LogP contribution in [0.1, 0.15) is 16.2 Å². The molecule has 1 amide bonds. The molecule has 94 valence electrons. The van der Waals surface area contributed by atoms with Crippen molar-refractivity contribution in [3.63, 3.8) is 0 Å². The normalized spacial score (nSPS) is 10.6. The fraction of sp³-hybridized carbons (Fsp3) is 0.0714. The van der Waals surface area contributed by atoms with Gasteiger partial charge in [0.15, 0.2) is 0 Å². The molecule has 2 heterocycles. The van der Waals surface area contributed by atoms with Crippen LogP contribution in [-0.4, -0.2) is 21.1 Å². The average Bonchev–Trinajstić information content (AvgIpc) is 2.82. The van der Waals surface area contributed by atoms with Crippen LogP contribution in [0.2, 0.25) is 0 Å². The second kappa shape index (κ2) is 4.53. The van der Waals surface area contributed by atoms with Crippen molar-refractivity contribution in [1.82, 2.24) is 15.2 Å². The monoisotopic (exact) mass is 252 g/mol. The zero-order chi connectivity index (χ0) is 13.2. The van der Waals surface area contributed by atoms with Gasteiger partial charge in [-0.15, -0.1) is 0 Å². The van der Waals surface area contributed by atoms with Crippen molar-refractivity contribution in [2.75, 3.05) is 5.32 Å². The van der Waals surface area contributed by atoms with Crippen molar-refractivity contribution >= 4 is 22.5 Å². The van der Waals surface area contributed by atoms with Crippen LogP contribution in [0.15, 0.2) is 42.6 Å². The number of H-pyrrole nitrogens is 1. The summed E-state index contributed by atoms with van der Waals surface area (Å²) in [5.74, 6) is -0.235. The lowest BCUT2D eigenvalue weighted by Crippen LogP contribution is -2.14. The highest BCUT2D eigenvalue weighted by Gasteiger charge is 2.15. The number of amides is 1. The summed E-state index contributed by atoms with van der Waals surface area (Å²) in [4.78, 5) is 16.4. The predicted octanol–water partition coefficient (Wildman–Crippen LogP) is 2.52. The van der Waals surface area contributed by atoms with E-state index in [1.807, 2.05) is 37.3 Å². The van der Waals surface area contributed by atoms with Crippen molar-refractivity contribution in [1.29, 1.82) is 0 Å². The minimum Gasteiger partial charge on any atom is -0.321 e. The Labute approximate surface area is 109 Å². The van der Waals surface area contributed by atoms with Crippen LogP contribution in [0.25, 0.3) is 10.9 Å². The van der Waals surface area contributed by atoms with E-state index in [1.165, 1.54) is 0 Å². The summed E-state index contributed by atoms with van der Waals surface area (Å²) in [6.45, 7) is 1.85. The third-order valence-corrected chi connectivity index (χ3v) is 2.90. The number of para-hydroxylation sites is 1. The summed E-state index contributed by atoms with van der Waals surface area (Å²) in [6, 6.07) is 11.1. The molecule has 5 heteroatoms. The van der Waals surface area contributed by atoms with Gasteiger partial charge in [-0.05, 0) is 25.1 Å². The number of nitrogens with zero attached hydrogens (tertiary/aromatic N) is 2. The number of nitrogens with one attached hydrogen (secondary N) is 2. The van der Waals surface area contributed by atoms with Crippen LogP contribution in [0.4, 0.5) is 5.69 Å². The van der Waals surface area contributed by atoms with Gasteiger partial charge in [0.25, 0.3) is 5.91 Å². The molecule has 0 saturated heterocycles. The van der Waals surface area contributed by atoms with Crippen LogP contribution >= 0.6 is 0 Å². The third-order valence-electron chi connectivity index (χ3n) is 2.90. The molecule has 0 aliphatic rings. The summed E-state index contributed by atoms with van der Waals surface area (Å²) in [5, 5.41) is 10.6. The van der Waals surface area contributed by atoms with Crippen molar-refractivity contribution in [2.45, 2.75) is 6.92 Å². The number of aromatic nitrogens is 3. The topological polar surface area (TPSA) is 70.7 Å². The smallest absolute Gasteiger partial charge is 0.275 e. The van der Waals surface area contributed by atoms with Gasteiger partial charge in [-0.1, -0.05) is 18.2 Å². The summed E-state index contributed by atoms with van der Waals surface area (Å²) in [7, 11) is 0. The summed E-state index contributed by atoms with van der Waals surface area (Å²) in [5.41, 5.74) is 2.70. The standard InChI is InChI=1S/C14H12N4O/c1-9-12-11(18-17-9)7-8-15-13(12)14(19)16-10-5-3-2-4-6-10/h2-8H,1H3,(H,16,19)(H,17,18). The Morgan fingerprint density at radius 2 is 2.00 bits per heavy atom. The van der Waals surface area contributed by atoms with Gasteiger partial charge in [-0.3, -0.25) is 14.9 Å². The van der Waals surface area contributed by atoms with Crippen molar-refractivity contribution in [2.24, 2.45) is 0 Å². The molecule has 0 spiro atoms. The number of benzene rings is 1. The van der Waals surface area contributed by atoms with E-state index in [2.05, 4.69) is 20.5 Å². The highest BCUT2D eigenvalue weighted by Crippen LogP contribution is 2.19. The SMILES string of the molecule is Cc1n[nH]c2ccnc(C(=O)Nc3ccccc3)c12. The van der Waals surface area contributed by atoms with Gasteiger partial charge >= 0.3 is 0 Å². The van der Waals surface area contributed by atoms with Crippen LogP contribution < -0.4 is 5.32 Å². The van der Waals surface area contributed by atoms with E-state index in [4.69, 9.17) is 0 Å². The van der Waals surface area contributed by atoms with Gasteiger partial charge in [0.1, 0.15) is 5.69 Å². The van der Waals surface area contributed by atoms with Crippen molar-refractivity contribution < 1.29 is 4.79 Å². The van der Waals surface area contributed by atoms with Gasteiger partial charge in [0.2, 0.25) is 0 Å². The maximum absolute atomic E-state index is 12.3.